The summed E-state index contributed by atoms with van der Waals surface area (Å²) >= 11 is 0. The summed E-state index contributed by atoms with van der Waals surface area (Å²) in [4.78, 5) is 23.6. The summed E-state index contributed by atoms with van der Waals surface area (Å²) in [5.41, 5.74) is 2.91. The minimum atomic E-state index is -0.424. The maximum absolute atomic E-state index is 12.2. The Morgan fingerprint density at radius 3 is 2.88 bits per heavy atom. The largest absolute Gasteiger partial charge is 0.382 e. The third-order valence-corrected chi connectivity index (χ3v) is 5.53. The topological polar surface area (TPSA) is 88.0 Å². The van der Waals surface area contributed by atoms with Crippen LogP contribution in [0.5, 0.6) is 0 Å². The van der Waals surface area contributed by atoms with Crippen LogP contribution in [0.3, 0.4) is 0 Å². The fourth-order valence-corrected chi connectivity index (χ4v) is 3.98. The van der Waals surface area contributed by atoms with Crippen molar-refractivity contribution in [3.63, 3.8) is 0 Å². The zero-order chi connectivity index (χ0) is 18.3. The summed E-state index contributed by atoms with van der Waals surface area (Å²) < 4.78 is 1.77. The minimum Gasteiger partial charge on any atom is -0.382 e. The van der Waals surface area contributed by atoms with Gasteiger partial charge in [-0.25, -0.2) is 0 Å². The lowest BCUT2D eigenvalue weighted by Crippen LogP contribution is -2.42. The number of carbonyl (C=O) groups excluding carboxylic acids is 2. The summed E-state index contributed by atoms with van der Waals surface area (Å²) in [5.74, 6) is 0.102. The lowest BCUT2D eigenvalue weighted by atomic mass is 9.95. The molecule has 0 bridgehead atoms. The minimum absolute atomic E-state index is 0.206. The van der Waals surface area contributed by atoms with Crippen molar-refractivity contribution >= 4 is 28.4 Å². The molecule has 138 valence electrons. The lowest BCUT2D eigenvalue weighted by molar-refractivity contribution is -0.135. The van der Waals surface area contributed by atoms with E-state index in [1.165, 1.54) is 0 Å². The highest BCUT2D eigenvalue weighted by atomic mass is 16.2. The lowest BCUT2D eigenvalue weighted by Gasteiger charge is -2.31. The number of rotatable bonds is 3. The number of anilines is 1. The van der Waals surface area contributed by atoms with Crippen molar-refractivity contribution in [2.24, 2.45) is 5.92 Å². The van der Waals surface area contributed by atoms with Gasteiger partial charge in [0.2, 0.25) is 5.91 Å². The highest BCUT2D eigenvalue weighted by Crippen LogP contribution is 2.29. The molecular weight excluding hydrogens is 330 g/mol. The molecule has 7 nitrogen and oxygen atoms in total. The molecule has 1 unspecified atom stereocenters. The second-order valence-corrected chi connectivity index (χ2v) is 7.45. The highest BCUT2D eigenvalue weighted by Gasteiger charge is 2.30. The van der Waals surface area contributed by atoms with Gasteiger partial charge in [-0.3, -0.25) is 19.6 Å². The van der Waals surface area contributed by atoms with Crippen molar-refractivity contribution in [3.05, 3.63) is 23.9 Å². The molecule has 0 saturated carbocycles. The first-order chi connectivity index (χ1) is 12.5. The molecule has 2 aromatic rings. The van der Waals surface area contributed by atoms with E-state index in [-0.39, 0.29) is 11.8 Å². The van der Waals surface area contributed by atoms with E-state index in [1.807, 2.05) is 13.0 Å². The Morgan fingerprint density at radius 1 is 1.27 bits per heavy atom. The smallest absolute Gasteiger partial charge is 0.251 e. The predicted molar refractivity (Wildman–Crippen MR) is 100.0 cm³/mol. The number of piperidine rings is 2. The first-order valence-corrected chi connectivity index (χ1v) is 9.33. The monoisotopic (exact) mass is 355 g/mol. The third-order valence-electron chi connectivity index (χ3n) is 5.53. The van der Waals surface area contributed by atoms with Gasteiger partial charge in [-0.15, -0.1) is 0 Å². The summed E-state index contributed by atoms with van der Waals surface area (Å²) in [6.07, 6.45) is 1.95. The number of amides is 2. The number of hydrogen-bond acceptors (Lipinski definition) is 5. The van der Waals surface area contributed by atoms with E-state index in [2.05, 4.69) is 40.1 Å². The Labute approximate surface area is 152 Å². The molecular formula is C19H25N5O2. The van der Waals surface area contributed by atoms with Gasteiger partial charge in [-0.2, -0.15) is 5.10 Å². The van der Waals surface area contributed by atoms with Gasteiger partial charge in [0.05, 0.1) is 11.2 Å². The van der Waals surface area contributed by atoms with Crippen LogP contribution in [0.15, 0.2) is 18.2 Å². The molecule has 4 rings (SSSR count). The van der Waals surface area contributed by atoms with Crippen LogP contribution >= 0.6 is 0 Å². The van der Waals surface area contributed by atoms with E-state index in [0.717, 1.165) is 41.8 Å². The molecule has 3 atom stereocenters. The molecule has 3 heterocycles. The Hall–Kier alpha value is -2.41. The molecule has 2 fully saturated rings. The summed E-state index contributed by atoms with van der Waals surface area (Å²) in [5, 5.41) is 15.1. The van der Waals surface area contributed by atoms with Gasteiger partial charge in [0, 0.05) is 23.5 Å². The molecule has 0 spiro atoms. The van der Waals surface area contributed by atoms with E-state index in [1.54, 1.807) is 4.68 Å². The number of fused-ring (bicyclic) bond motifs is 1. The van der Waals surface area contributed by atoms with E-state index in [0.29, 0.717) is 24.8 Å². The summed E-state index contributed by atoms with van der Waals surface area (Å²) in [7, 11) is 0. The van der Waals surface area contributed by atoms with Crippen molar-refractivity contribution in [2.75, 3.05) is 18.4 Å². The normalized spacial score (nSPS) is 26.8. The third kappa shape index (κ3) is 3.07. The fourth-order valence-electron chi connectivity index (χ4n) is 3.98. The zero-order valence-electron chi connectivity index (χ0n) is 15.2. The fraction of sp³-hybridized carbons (Fsp3) is 0.526. The average molecular weight is 355 g/mol. The quantitative estimate of drug-likeness (QED) is 0.730. The van der Waals surface area contributed by atoms with Crippen LogP contribution in [-0.2, 0) is 9.59 Å². The Morgan fingerprint density at radius 2 is 2.12 bits per heavy atom. The van der Waals surface area contributed by atoms with Crippen LogP contribution in [0.4, 0.5) is 5.69 Å². The molecule has 2 amide bonds. The van der Waals surface area contributed by atoms with Gasteiger partial charge in [-0.05, 0) is 57.0 Å². The van der Waals surface area contributed by atoms with E-state index in [9.17, 15) is 9.59 Å². The van der Waals surface area contributed by atoms with Gasteiger partial charge in [0.15, 0.2) is 0 Å². The second-order valence-electron chi connectivity index (χ2n) is 7.45. The number of hydrogen-bond donors (Lipinski definition) is 3. The van der Waals surface area contributed by atoms with E-state index >= 15 is 0 Å². The number of imide groups is 1. The Balaban J connectivity index is 1.62. The number of aromatic nitrogens is 2. The first-order valence-electron chi connectivity index (χ1n) is 9.33. The van der Waals surface area contributed by atoms with Gasteiger partial charge in [-0.1, -0.05) is 6.92 Å². The van der Waals surface area contributed by atoms with Crippen LogP contribution in [0, 0.1) is 12.8 Å². The van der Waals surface area contributed by atoms with Crippen molar-refractivity contribution in [2.45, 2.75) is 45.2 Å². The van der Waals surface area contributed by atoms with Crippen LogP contribution in [0.25, 0.3) is 10.9 Å². The molecule has 0 aliphatic carbocycles. The molecule has 2 aliphatic heterocycles. The number of nitrogens with one attached hydrogen (secondary N) is 3. The predicted octanol–water partition coefficient (Wildman–Crippen LogP) is 1.73. The molecule has 3 N–H and O–H groups in total. The maximum Gasteiger partial charge on any atom is 0.251 e. The number of carbonyl (C=O) groups is 2. The Bertz CT molecular complexity index is 859. The molecule has 2 saturated heterocycles. The van der Waals surface area contributed by atoms with Gasteiger partial charge < -0.3 is 10.6 Å². The van der Waals surface area contributed by atoms with Crippen molar-refractivity contribution in [1.82, 2.24) is 20.4 Å². The molecule has 0 radical (unpaired) electrons. The zero-order valence-corrected chi connectivity index (χ0v) is 15.2. The van der Waals surface area contributed by atoms with Crippen molar-refractivity contribution in [3.8, 4) is 0 Å². The van der Waals surface area contributed by atoms with Crippen LogP contribution in [0.1, 0.15) is 37.9 Å². The van der Waals surface area contributed by atoms with Crippen molar-refractivity contribution < 1.29 is 9.59 Å². The van der Waals surface area contributed by atoms with Crippen LogP contribution in [0.2, 0.25) is 0 Å². The van der Waals surface area contributed by atoms with Gasteiger partial charge >= 0.3 is 0 Å². The SMILES string of the molecule is Cc1nn(C2CCC(=O)NC2=O)c2ccc(N[C@@H]3CCNC[C@H]3C)cc12. The molecule has 7 heteroatoms. The van der Waals surface area contributed by atoms with Crippen LogP contribution < -0.4 is 16.0 Å². The molecule has 26 heavy (non-hydrogen) atoms. The average Bonchev–Trinajstić information content (AvgIpc) is 2.93. The summed E-state index contributed by atoms with van der Waals surface area (Å²) in [6, 6.07) is 6.23. The first kappa shape index (κ1) is 17.0. The van der Waals surface area contributed by atoms with Gasteiger partial charge in [0.25, 0.3) is 5.91 Å². The molecule has 1 aromatic heterocycles. The summed E-state index contributed by atoms with van der Waals surface area (Å²) in [6.45, 7) is 6.29. The standard InChI is InChI=1S/C19H25N5O2/c1-11-10-20-8-7-15(11)21-13-3-4-16-14(9-13)12(2)23-24(16)17-5-6-18(25)22-19(17)26/h3-4,9,11,15,17,20-21H,5-8,10H2,1-2H3,(H,22,25,26)/t11-,15-,17?/m1/s1. The number of benzene rings is 1. The molecule has 1 aromatic carbocycles. The number of nitrogens with zero attached hydrogens (tertiary/aromatic N) is 2. The van der Waals surface area contributed by atoms with Crippen LogP contribution in [-0.4, -0.2) is 40.7 Å². The highest BCUT2D eigenvalue weighted by molar-refractivity contribution is 6.00. The molecule has 2 aliphatic rings. The van der Waals surface area contributed by atoms with Crippen molar-refractivity contribution in [1.29, 1.82) is 0 Å². The maximum atomic E-state index is 12.2. The van der Waals surface area contributed by atoms with Gasteiger partial charge in [0.1, 0.15) is 6.04 Å². The Kier molecular flexibility index (Phi) is 4.40. The van der Waals surface area contributed by atoms with E-state index in [4.69, 9.17) is 0 Å². The second kappa shape index (κ2) is 6.72. The number of aryl methyl sites for hydroxylation is 1. The van der Waals surface area contributed by atoms with E-state index < -0.39 is 6.04 Å².